The summed E-state index contributed by atoms with van der Waals surface area (Å²) < 4.78 is 13.6. The van der Waals surface area contributed by atoms with Crippen molar-refractivity contribution >= 4 is 22.4 Å². The molecule has 1 amide bonds. The van der Waals surface area contributed by atoms with Crippen molar-refractivity contribution in [2.24, 2.45) is 0 Å². The number of hydrogen-bond acceptors (Lipinski definition) is 6. The van der Waals surface area contributed by atoms with Crippen molar-refractivity contribution in [1.29, 1.82) is 0 Å². The summed E-state index contributed by atoms with van der Waals surface area (Å²) in [6, 6.07) is 6.24. The van der Waals surface area contributed by atoms with Gasteiger partial charge in [-0.3, -0.25) is 15.1 Å². The minimum Gasteiger partial charge on any atom is -0.295 e. The number of benzene rings is 1. The average Bonchev–Trinajstić information content (AvgIpc) is 2.97. The number of aromatic nitrogens is 4. The molecule has 0 bridgehead atoms. The predicted octanol–water partition coefficient (Wildman–Crippen LogP) is 2.39. The molecule has 0 saturated carbocycles. The molecule has 3 rings (SSSR count). The molecule has 0 unspecified atom stereocenters. The number of nitrogens with one attached hydrogen (secondary N) is 1. The SMILES string of the molecule is O=C(Nc1nnc(-c2ccccc2F)s1)c1cnccn1. The second-order valence-corrected chi connectivity index (χ2v) is 4.91. The molecule has 0 saturated heterocycles. The Hall–Kier alpha value is -2.74. The van der Waals surface area contributed by atoms with Crippen molar-refractivity contribution in [2.45, 2.75) is 0 Å². The lowest BCUT2D eigenvalue weighted by Gasteiger charge is -1.98. The Bertz CT molecular complexity index is 777. The van der Waals surface area contributed by atoms with Crippen LogP contribution in [0.15, 0.2) is 42.9 Å². The van der Waals surface area contributed by atoms with Crippen LogP contribution < -0.4 is 5.32 Å². The van der Waals surface area contributed by atoms with Gasteiger partial charge in [-0.25, -0.2) is 9.37 Å². The molecule has 1 N–H and O–H groups in total. The zero-order valence-electron chi connectivity index (χ0n) is 10.5. The van der Waals surface area contributed by atoms with Gasteiger partial charge in [-0.15, -0.1) is 10.2 Å². The van der Waals surface area contributed by atoms with Gasteiger partial charge in [0, 0.05) is 18.0 Å². The van der Waals surface area contributed by atoms with Crippen LogP contribution in [0.4, 0.5) is 9.52 Å². The zero-order valence-corrected chi connectivity index (χ0v) is 11.3. The van der Waals surface area contributed by atoms with Crippen molar-refractivity contribution in [3.05, 3.63) is 54.4 Å². The highest BCUT2D eigenvalue weighted by Crippen LogP contribution is 2.28. The number of amides is 1. The number of halogens is 1. The fraction of sp³-hybridized carbons (Fsp3) is 0. The first kappa shape index (κ1) is 13.3. The van der Waals surface area contributed by atoms with Crippen LogP contribution in [0.5, 0.6) is 0 Å². The lowest BCUT2D eigenvalue weighted by molar-refractivity contribution is 0.102. The van der Waals surface area contributed by atoms with Gasteiger partial charge < -0.3 is 0 Å². The number of nitrogens with zero attached hydrogens (tertiary/aromatic N) is 4. The van der Waals surface area contributed by atoms with Gasteiger partial charge in [-0.1, -0.05) is 23.5 Å². The molecule has 3 aromatic rings. The van der Waals surface area contributed by atoms with Gasteiger partial charge in [0.1, 0.15) is 11.5 Å². The van der Waals surface area contributed by atoms with E-state index in [0.717, 1.165) is 11.3 Å². The maximum Gasteiger partial charge on any atom is 0.277 e. The number of rotatable bonds is 3. The largest absolute Gasteiger partial charge is 0.295 e. The lowest BCUT2D eigenvalue weighted by atomic mass is 10.2. The molecule has 0 aliphatic rings. The van der Waals surface area contributed by atoms with E-state index in [1.807, 2.05) is 0 Å². The monoisotopic (exact) mass is 301 g/mol. The fourth-order valence-electron chi connectivity index (χ4n) is 1.59. The topological polar surface area (TPSA) is 80.7 Å². The molecule has 8 heteroatoms. The second-order valence-electron chi connectivity index (χ2n) is 3.94. The molecule has 104 valence electrons. The summed E-state index contributed by atoms with van der Waals surface area (Å²) >= 11 is 1.08. The Labute approximate surface area is 122 Å². The minimum atomic E-state index is -0.445. The fourth-order valence-corrected chi connectivity index (χ4v) is 2.36. The second kappa shape index (κ2) is 5.71. The normalized spacial score (nSPS) is 10.3. The molecule has 2 heterocycles. The van der Waals surface area contributed by atoms with E-state index in [4.69, 9.17) is 0 Å². The third-order valence-corrected chi connectivity index (χ3v) is 3.42. The van der Waals surface area contributed by atoms with Crippen molar-refractivity contribution in [3.63, 3.8) is 0 Å². The van der Waals surface area contributed by atoms with Crippen LogP contribution in [0, 0.1) is 5.82 Å². The summed E-state index contributed by atoms with van der Waals surface area (Å²) in [5.41, 5.74) is 0.509. The molecule has 21 heavy (non-hydrogen) atoms. The van der Waals surface area contributed by atoms with Gasteiger partial charge >= 0.3 is 0 Å². The highest BCUT2D eigenvalue weighted by Gasteiger charge is 2.14. The first-order chi connectivity index (χ1) is 10.2. The van der Waals surface area contributed by atoms with Gasteiger partial charge in [-0.2, -0.15) is 0 Å². The maximum absolute atomic E-state index is 13.6. The van der Waals surface area contributed by atoms with E-state index in [-0.39, 0.29) is 16.6 Å². The molecule has 2 aromatic heterocycles. The lowest BCUT2D eigenvalue weighted by Crippen LogP contribution is -2.13. The molecule has 0 spiro atoms. The zero-order chi connectivity index (χ0) is 14.7. The van der Waals surface area contributed by atoms with E-state index < -0.39 is 5.91 Å². The van der Waals surface area contributed by atoms with Crippen LogP contribution in [-0.2, 0) is 0 Å². The Morgan fingerprint density at radius 2 is 2.05 bits per heavy atom. The third-order valence-electron chi connectivity index (χ3n) is 2.55. The molecule has 0 aliphatic heterocycles. The molecule has 0 atom stereocenters. The standard InChI is InChI=1S/C13H8FN5OS/c14-9-4-2-1-3-8(9)12-18-19-13(21-12)17-11(20)10-7-15-5-6-16-10/h1-7H,(H,17,19,20). The van der Waals surface area contributed by atoms with Crippen molar-refractivity contribution in [1.82, 2.24) is 20.2 Å². The van der Waals surface area contributed by atoms with E-state index in [1.54, 1.807) is 18.2 Å². The number of carbonyl (C=O) groups is 1. The van der Waals surface area contributed by atoms with Gasteiger partial charge in [0.25, 0.3) is 5.91 Å². The first-order valence-corrected chi connectivity index (χ1v) is 6.71. The highest BCUT2D eigenvalue weighted by atomic mass is 32.1. The molecular formula is C13H8FN5OS. The first-order valence-electron chi connectivity index (χ1n) is 5.90. The van der Waals surface area contributed by atoms with Gasteiger partial charge in [0.15, 0.2) is 5.01 Å². The Balaban J connectivity index is 1.80. The van der Waals surface area contributed by atoms with Gasteiger partial charge in [-0.05, 0) is 12.1 Å². The maximum atomic E-state index is 13.6. The van der Waals surface area contributed by atoms with Crippen molar-refractivity contribution in [3.8, 4) is 10.6 Å². The molecule has 6 nitrogen and oxygen atoms in total. The van der Waals surface area contributed by atoms with Crippen molar-refractivity contribution < 1.29 is 9.18 Å². The average molecular weight is 301 g/mol. The molecule has 0 aliphatic carbocycles. The minimum absolute atomic E-state index is 0.167. The summed E-state index contributed by atoms with van der Waals surface area (Å²) in [5.74, 6) is -0.834. The van der Waals surface area contributed by atoms with Crippen LogP contribution in [0.25, 0.3) is 10.6 Å². The molecule has 1 aromatic carbocycles. The Morgan fingerprint density at radius 1 is 1.19 bits per heavy atom. The quantitative estimate of drug-likeness (QED) is 0.803. The van der Waals surface area contributed by atoms with Gasteiger partial charge in [0.05, 0.1) is 6.20 Å². The summed E-state index contributed by atoms with van der Waals surface area (Å²) in [5, 5.41) is 10.9. The molecule has 0 fully saturated rings. The molecular weight excluding hydrogens is 293 g/mol. The third kappa shape index (κ3) is 2.90. The van der Waals surface area contributed by atoms with Crippen LogP contribution in [0.1, 0.15) is 10.5 Å². The summed E-state index contributed by atoms with van der Waals surface area (Å²) in [7, 11) is 0. The van der Waals surface area contributed by atoms with Crippen molar-refractivity contribution in [2.75, 3.05) is 5.32 Å². The van der Waals surface area contributed by atoms with E-state index in [2.05, 4.69) is 25.5 Å². The Kier molecular flexibility index (Phi) is 3.61. The van der Waals surface area contributed by atoms with E-state index in [0.29, 0.717) is 10.6 Å². The number of anilines is 1. The molecule has 0 radical (unpaired) electrons. The highest BCUT2D eigenvalue weighted by molar-refractivity contribution is 7.18. The Morgan fingerprint density at radius 3 is 2.81 bits per heavy atom. The number of carbonyl (C=O) groups excluding carboxylic acids is 1. The smallest absolute Gasteiger partial charge is 0.277 e. The van der Waals surface area contributed by atoms with Gasteiger partial charge in [0.2, 0.25) is 5.13 Å². The van der Waals surface area contributed by atoms with Crippen LogP contribution in [0.3, 0.4) is 0 Å². The number of hydrogen-bond donors (Lipinski definition) is 1. The summed E-state index contributed by atoms with van der Waals surface area (Å²) in [6.45, 7) is 0. The van der Waals surface area contributed by atoms with Crippen LogP contribution in [0.2, 0.25) is 0 Å². The van der Waals surface area contributed by atoms with E-state index in [1.165, 1.54) is 24.7 Å². The predicted molar refractivity (Wildman–Crippen MR) is 75.3 cm³/mol. The van der Waals surface area contributed by atoms with E-state index >= 15 is 0 Å². The van der Waals surface area contributed by atoms with E-state index in [9.17, 15) is 9.18 Å². The summed E-state index contributed by atoms with van der Waals surface area (Å²) in [6.07, 6.45) is 4.23. The summed E-state index contributed by atoms with van der Waals surface area (Å²) in [4.78, 5) is 19.6. The van der Waals surface area contributed by atoms with Crippen LogP contribution >= 0.6 is 11.3 Å². The van der Waals surface area contributed by atoms with Crippen LogP contribution in [-0.4, -0.2) is 26.1 Å².